The standard InChI is InChI=1S/C45H38F8N2O8/c46-41(47)44(50,51)62-36-19-15-34(16-20-36)60-39(56)29-11-7-27(8-12-29)4-1-2-6-38(31-24-32(54)26-33(55)25-31)43(58,59)23-3-5-28-9-13-30(14-10-28)40(57)61-35-17-21-37(22-18-35)63-45(52,53)42(48)49/h1,3-5,7-22,24-26,38,41-42,58-59H,2,6,23,54-55H2/b4-1+,5-3+. The van der Waals surface area contributed by atoms with E-state index < -0.39 is 60.2 Å². The second-order valence-corrected chi connectivity index (χ2v) is 13.8. The maximum Gasteiger partial charge on any atom is 0.461 e. The van der Waals surface area contributed by atoms with Crippen LogP contribution in [0.4, 0.5) is 46.5 Å². The molecule has 0 fully saturated rings. The summed E-state index contributed by atoms with van der Waals surface area (Å²) in [6.45, 7) is 0. The fourth-order valence-corrected chi connectivity index (χ4v) is 5.91. The van der Waals surface area contributed by atoms with Gasteiger partial charge in [-0.3, -0.25) is 0 Å². The summed E-state index contributed by atoms with van der Waals surface area (Å²) in [5.41, 5.74) is 14.7. The van der Waals surface area contributed by atoms with Crippen LogP contribution in [0.2, 0.25) is 0 Å². The zero-order valence-corrected chi connectivity index (χ0v) is 32.7. The molecule has 0 saturated heterocycles. The van der Waals surface area contributed by atoms with E-state index in [0.29, 0.717) is 34.5 Å². The molecule has 0 aromatic heterocycles. The molecule has 0 heterocycles. The van der Waals surface area contributed by atoms with Crippen molar-refractivity contribution in [3.8, 4) is 23.0 Å². The number of hydrogen-bond donors (Lipinski definition) is 4. The first-order valence-corrected chi connectivity index (χ1v) is 18.7. The van der Waals surface area contributed by atoms with Crippen molar-refractivity contribution < 1.29 is 73.9 Å². The van der Waals surface area contributed by atoms with Crippen LogP contribution in [0.25, 0.3) is 12.2 Å². The molecule has 5 aromatic carbocycles. The summed E-state index contributed by atoms with van der Waals surface area (Å²) in [5.74, 6) is -5.97. The maximum absolute atomic E-state index is 13.1. The molecular formula is C45H38F8N2O8. The highest BCUT2D eigenvalue weighted by Gasteiger charge is 2.44. The van der Waals surface area contributed by atoms with Gasteiger partial charge in [-0.05, 0) is 121 Å². The highest BCUT2D eigenvalue weighted by molar-refractivity contribution is 5.92. The normalized spacial score (nSPS) is 12.8. The van der Waals surface area contributed by atoms with E-state index in [2.05, 4.69) is 9.47 Å². The van der Waals surface area contributed by atoms with Gasteiger partial charge in [-0.1, -0.05) is 48.6 Å². The fourth-order valence-electron chi connectivity index (χ4n) is 5.91. The Labute approximate surface area is 354 Å². The molecule has 6 N–H and O–H groups in total. The van der Waals surface area contributed by atoms with Gasteiger partial charge in [0, 0.05) is 23.7 Å². The van der Waals surface area contributed by atoms with Crippen LogP contribution in [0.3, 0.4) is 0 Å². The van der Waals surface area contributed by atoms with E-state index in [9.17, 15) is 54.9 Å². The van der Waals surface area contributed by atoms with E-state index in [1.54, 1.807) is 54.6 Å². The van der Waals surface area contributed by atoms with E-state index in [4.69, 9.17) is 20.9 Å². The van der Waals surface area contributed by atoms with Crippen molar-refractivity contribution in [2.24, 2.45) is 0 Å². The average molecular weight is 887 g/mol. The quantitative estimate of drug-likeness (QED) is 0.0206. The SMILES string of the molecule is Nc1cc(N)cc(C(CC/C=C/c2ccc(C(=O)Oc3ccc(OC(F)(F)C(F)F)cc3)cc2)C(O)(O)C/C=C/c2ccc(C(=O)Oc3ccc(OC(F)(F)C(F)F)cc3)cc2)c1. The van der Waals surface area contributed by atoms with Crippen LogP contribution >= 0.6 is 0 Å². The first-order chi connectivity index (χ1) is 29.7. The molecule has 0 bridgehead atoms. The number of benzene rings is 5. The number of ether oxygens (including phenoxy) is 4. The first-order valence-electron chi connectivity index (χ1n) is 18.7. The number of nitrogens with two attached hydrogens (primary N) is 2. The second-order valence-electron chi connectivity index (χ2n) is 13.8. The lowest BCUT2D eigenvalue weighted by molar-refractivity contribution is -0.253. The number of halogens is 8. The Morgan fingerprint density at radius 3 is 1.35 bits per heavy atom. The van der Waals surface area contributed by atoms with Crippen molar-refractivity contribution in [3.63, 3.8) is 0 Å². The monoisotopic (exact) mass is 886 g/mol. The van der Waals surface area contributed by atoms with Crippen LogP contribution in [0.1, 0.15) is 62.6 Å². The lowest BCUT2D eigenvalue weighted by Gasteiger charge is -2.31. The molecule has 1 atom stereocenters. The maximum atomic E-state index is 13.1. The minimum Gasteiger partial charge on any atom is -0.428 e. The van der Waals surface area contributed by atoms with E-state index in [1.807, 2.05) is 0 Å². The molecule has 18 heteroatoms. The van der Waals surface area contributed by atoms with Crippen molar-refractivity contribution in [1.82, 2.24) is 0 Å². The number of anilines is 2. The van der Waals surface area contributed by atoms with Crippen LogP contribution in [0.5, 0.6) is 23.0 Å². The minimum atomic E-state index is -4.70. The van der Waals surface area contributed by atoms with Gasteiger partial charge < -0.3 is 40.6 Å². The summed E-state index contributed by atoms with van der Waals surface area (Å²) in [4.78, 5) is 25.3. The van der Waals surface area contributed by atoms with Crippen LogP contribution in [-0.4, -0.2) is 53.0 Å². The van der Waals surface area contributed by atoms with E-state index in [-0.39, 0.29) is 35.5 Å². The molecule has 0 saturated carbocycles. The summed E-state index contributed by atoms with van der Waals surface area (Å²) >= 11 is 0. The van der Waals surface area contributed by atoms with Crippen molar-refractivity contribution in [3.05, 3.63) is 155 Å². The molecule has 0 aliphatic rings. The Balaban J connectivity index is 1.16. The third-order valence-corrected chi connectivity index (χ3v) is 9.00. The van der Waals surface area contributed by atoms with E-state index >= 15 is 0 Å². The highest BCUT2D eigenvalue weighted by atomic mass is 19.3. The number of rotatable bonds is 19. The molecule has 332 valence electrons. The Hall–Kier alpha value is -6.92. The number of aliphatic hydroxyl groups is 2. The lowest BCUT2D eigenvalue weighted by Crippen LogP contribution is -2.35. The van der Waals surface area contributed by atoms with Crippen LogP contribution in [0, 0.1) is 0 Å². The van der Waals surface area contributed by atoms with Crippen molar-refractivity contribution in [1.29, 1.82) is 0 Å². The number of carbonyl (C=O) groups excluding carboxylic acids is 2. The molecule has 0 spiro atoms. The van der Waals surface area contributed by atoms with Crippen LogP contribution in [-0.2, 0) is 0 Å². The average Bonchev–Trinajstić information content (AvgIpc) is 3.22. The molecule has 0 radical (unpaired) electrons. The van der Waals surface area contributed by atoms with Gasteiger partial charge in [-0.25, -0.2) is 9.59 Å². The second kappa shape index (κ2) is 20.3. The minimum absolute atomic E-state index is 0.0445. The molecule has 0 amide bonds. The number of nitrogen functional groups attached to an aromatic ring is 2. The first kappa shape index (κ1) is 47.1. The topological polar surface area (TPSA) is 164 Å². The van der Waals surface area contributed by atoms with Gasteiger partial charge in [0.25, 0.3) is 0 Å². The predicted octanol–water partition coefficient (Wildman–Crippen LogP) is 10.1. The summed E-state index contributed by atoms with van der Waals surface area (Å²) in [6, 6.07) is 25.1. The van der Waals surface area contributed by atoms with Gasteiger partial charge in [0.1, 0.15) is 23.0 Å². The molecule has 0 aliphatic carbocycles. The van der Waals surface area contributed by atoms with Crippen molar-refractivity contribution in [2.45, 2.75) is 56.0 Å². The zero-order chi connectivity index (χ0) is 46.0. The fraction of sp³-hybridized carbons (Fsp3) is 0.200. The third-order valence-electron chi connectivity index (χ3n) is 9.00. The predicted molar refractivity (Wildman–Crippen MR) is 216 cm³/mol. The smallest absolute Gasteiger partial charge is 0.428 e. The molecule has 10 nitrogen and oxygen atoms in total. The molecular weight excluding hydrogens is 848 g/mol. The largest absolute Gasteiger partial charge is 0.461 e. The lowest BCUT2D eigenvalue weighted by atomic mass is 9.84. The number of esters is 2. The third kappa shape index (κ3) is 13.5. The summed E-state index contributed by atoms with van der Waals surface area (Å²) in [5, 5.41) is 22.8. The molecule has 5 rings (SSSR count). The van der Waals surface area contributed by atoms with Gasteiger partial charge >= 0.3 is 37.0 Å². The Kier molecular flexibility index (Phi) is 15.2. The molecule has 1 unspecified atom stereocenters. The number of alkyl halides is 8. The highest BCUT2D eigenvalue weighted by Crippen LogP contribution is 2.37. The zero-order valence-electron chi connectivity index (χ0n) is 32.7. The molecule has 0 aliphatic heterocycles. The Morgan fingerprint density at radius 2 is 0.952 bits per heavy atom. The van der Waals surface area contributed by atoms with Crippen molar-refractivity contribution >= 4 is 35.5 Å². The van der Waals surface area contributed by atoms with Gasteiger partial charge in [0.15, 0.2) is 5.79 Å². The van der Waals surface area contributed by atoms with Crippen LogP contribution < -0.4 is 30.4 Å². The molecule has 63 heavy (non-hydrogen) atoms. The van der Waals surface area contributed by atoms with Gasteiger partial charge in [-0.15, -0.1) is 0 Å². The summed E-state index contributed by atoms with van der Waals surface area (Å²) in [7, 11) is 0. The van der Waals surface area contributed by atoms with E-state index in [1.165, 1.54) is 36.4 Å². The number of hydrogen-bond acceptors (Lipinski definition) is 10. The Morgan fingerprint density at radius 1 is 0.571 bits per heavy atom. The van der Waals surface area contributed by atoms with Gasteiger partial charge in [-0.2, -0.15) is 35.1 Å². The van der Waals surface area contributed by atoms with Crippen molar-refractivity contribution in [2.75, 3.05) is 11.5 Å². The number of allylic oxidation sites excluding steroid dienone is 1. The number of carbonyl (C=O) groups is 2. The van der Waals surface area contributed by atoms with E-state index in [0.717, 1.165) is 48.5 Å². The summed E-state index contributed by atoms with van der Waals surface area (Å²) < 4.78 is 121. The Bertz CT molecular complexity index is 2360. The van der Waals surface area contributed by atoms with Gasteiger partial charge in [0.05, 0.1) is 11.1 Å². The van der Waals surface area contributed by atoms with Gasteiger partial charge in [0.2, 0.25) is 0 Å². The summed E-state index contributed by atoms with van der Waals surface area (Å²) in [6.07, 6.45) is -10.5. The molecule has 5 aromatic rings. The van der Waals surface area contributed by atoms with Crippen LogP contribution in [0.15, 0.2) is 127 Å².